The number of ether oxygens (including phenoxy) is 1. The molecule has 2 aliphatic rings. The summed E-state index contributed by atoms with van der Waals surface area (Å²) < 4.78 is 5.97. The molecule has 1 N–H and O–H groups in total. The van der Waals surface area contributed by atoms with Crippen molar-refractivity contribution in [2.75, 3.05) is 37.4 Å². The summed E-state index contributed by atoms with van der Waals surface area (Å²) in [7, 11) is 3.91. The van der Waals surface area contributed by atoms with Crippen molar-refractivity contribution in [3.8, 4) is 11.5 Å². The number of likely N-dealkylation sites (tertiary alicyclic amines) is 1. The quantitative estimate of drug-likeness (QED) is 0.362. The van der Waals surface area contributed by atoms with Crippen molar-refractivity contribution < 1.29 is 14.3 Å². The van der Waals surface area contributed by atoms with E-state index in [-0.39, 0.29) is 18.0 Å². The van der Waals surface area contributed by atoms with E-state index < -0.39 is 0 Å². The molecule has 188 valence electrons. The molecule has 1 fully saturated rings. The van der Waals surface area contributed by atoms with Crippen LogP contribution >= 0.6 is 11.3 Å². The summed E-state index contributed by atoms with van der Waals surface area (Å²) in [6, 6.07) is 16.9. The van der Waals surface area contributed by atoms with Crippen molar-refractivity contribution in [3.05, 3.63) is 71.2 Å². The van der Waals surface area contributed by atoms with Crippen LogP contribution in [-0.4, -0.2) is 59.9 Å². The number of likely N-dealkylation sites (N-methyl/N-ethyl adjacent to an activating group) is 2. The third-order valence-electron chi connectivity index (χ3n) is 7.06. The molecule has 1 unspecified atom stereocenters. The number of para-hydroxylation sites is 1. The van der Waals surface area contributed by atoms with Gasteiger partial charge in [0, 0.05) is 25.8 Å². The number of hydrogen-bond acceptors (Lipinski definition) is 6. The minimum absolute atomic E-state index is 0.0865. The second-order valence-corrected chi connectivity index (χ2v) is 10.6. The zero-order chi connectivity index (χ0) is 25.7. The van der Waals surface area contributed by atoms with Crippen LogP contribution in [0.1, 0.15) is 21.7 Å². The van der Waals surface area contributed by atoms with Gasteiger partial charge in [-0.25, -0.2) is 9.78 Å². The third-order valence-corrected chi connectivity index (χ3v) is 8.15. The van der Waals surface area contributed by atoms with E-state index >= 15 is 0 Å². The summed E-state index contributed by atoms with van der Waals surface area (Å²) in [5.41, 5.74) is 2.88. The van der Waals surface area contributed by atoms with Crippen LogP contribution in [0.5, 0.6) is 11.5 Å². The largest absolute Gasteiger partial charge is 0.457 e. The molecule has 0 radical (unpaired) electrons. The summed E-state index contributed by atoms with van der Waals surface area (Å²) in [6.07, 6.45) is 2.63. The highest BCUT2D eigenvalue weighted by Crippen LogP contribution is 2.47. The molecule has 4 heterocycles. The number of rotatable bonds is 5. The third kappa shape index (κ3) is 4.10. The van der Waals surface area contributed by atoms with Gasteiger partial charge in [0.15, 0.2) is 0 Å². The molecule has 0 spiro atoms. The molecule has 0 bridgehead atoms. The number of carbonyl (C=O) groups is 2. The van der Waals surface area contributed by atoms with Crippen LogP contribution in [0.3, 0.4) is 0 Å². The summed E-state index contributed by atoms with van der Waals surface area (Å²) in [5.74, 6) is 1.35. The fourth-order valence-electron chi connectivity index (χ4n) is 5.10. The molecule has 9 heteroatoms. The maximum absolute atomic E-state index is 13.5. The lowest BCUT2D eigenvalue weighted by molar-refractivity contribution is 0.0743. The van der Waals surface area contributed by atoms with Gasteiger partial charge in [-0.1, -0.05) is 18.2 Å². The van der Waals surface area contributed by atoms with Crippen molar-refractivity contribution in [1.29, 1.82) is 0 Å². The van der Waals surface area contributed by atoms with Crippen molar-refractivity contribution in [3.63, 3.8) is 0 Å². The van der Waals surface area contributed by atoms with Gasteiger partial charge < -0.3 is 19.9 Å². The second-order valence-electron chi connectivity index (χ2n) is 9.57. The average molecular weight is 514 g/mol. The molecular formula is C28H27N5O3S. The van der Waals surface area contributed by atoms with Crippen LogP contribution in [-0.2, 0) is 0 Å². The Morgan fingerprint density at radius 1 is 1.14 bits per heavy atom. The first-order chi connectivity index (χ1) is 17.9. The van der Waals surface area contributed by atoms with E-state index in [0.29, 0.717) is 22.0 Å². The Morgan fingerprint density at radius 2 is 1.95 bits per heavy atom. The lowest BCUT2D eigenvalue weighted by Gasteiger charge is -2.30. The van der Waals surface area contributed by atoms with E-state index in [2.05, 4.69) is 22.2 Å². The molecule has 1 atom stereocenters. The van der Waals surface area contributed by atoms with Gasteiger partial charge in [0.2, 0.25) is 0 Å². The predicted molar refractivity (Wildman–Crippen MR) is 146 cm³/mol. The number of nitrogens with one attached hydrogen (secondary N) is 1. The van der Waals surface area contributed by atoms with E-state index in [1.807, 2.05) is 68.6 Å². The molecule has 2 aromatic carbocycles. The molecule has 6 rings (SSSR count). The number of aromatic nitrogens is 1. The Hall–Kier alpha value is -3.95. The summed E-state index contributed by atoms with van der Waals surface area (Å²) in [6.45, 7) is 3.76. The SMILES string of the molecule is Cc1cc(Oc2ccccc2)ccc1N1C(=O)Nc2c(C(=O)N(C)C3CCN(C)C3)sc3nccc1c23. The van der Waals surface area contributed by atoms with E-state index in [1.165, 1.54) is 11.3 Å². The molecule has 37 heavy (non-hydrogen) atoms. The second kappa shape index (κ2) is 9.17. The Balaban J connectivity index is 1.36. The van der Waals surface area contributed by atoms with Crippen LogP contribution in [0, 0.1) is 6.92 Å². The standard InChI is InChI=1S/C28H27N5O3S/c1-17-15-20(36-19-7-5-4-6-8-19)9-10-21(17)33-22-11-13-29-26-23(22)24(30-28(33)35)25(37-26)27(34)32(3)18-12-14-31(2)16-18/h4-11,13,15,18H,12,14,16H2,1-3H3,(H,30,35). The van der Waals surface area contributed by atoms with E-state index in [1.54, 1.807) is 16.0 Å². The van der Waals surface area contributed by atoms with Crippen LogP contribution < -0.4 is 15.0 Å². The molecule has 4 aromatic rings. The number of carbonyl (C=O) groups excluding carboxylic acids is 2. The van der Waals surface area contributed by atoms with E-state index in [4.69, 9.17) is 4.74 Å². The van der Waals surface area contributed by atoms with E-state index in [0.717, 1.165) is 46.7 Å². The lowest BCUT2D eigenvalue weighted by Crippen LogP contribution is -2.39. The number of pyridine rings is 1. The van der Waals surface area contributed by atoms with Gasteiger partial charge in [-0.05, 0) is 68.9 Å². The Morgan fingerprint density at radius 3 is 2.68 bits per heavy atom. The first-order valence-electron chi connectivity index (χ1n) is 12.2. The smallest absolute Gasteiger partial charge is 0.331 e. The fraction of sp³-hybridized carbons (Fsp3) is 0.250. The van der Waals surface area contributed by atoms with Gasteiger partial charge in [-0.3, -0.25) is 9.69 Å². The normalized spacial score (nSPS) is 17.2. The number of aryl methyl sites for hydroxylation is 1. The van der Waals surface area contributed by atoms with Crippen molar-refractivity contribution in [1.82, 2.24) is 14.8 Å². The molecule has 8 nitrogen and oxygen atoms in total. The van der Waals surface area contributed by atoms with Crippen molar-refractivity contribution >= 4 is 50.6 Å². The van der Waals surface area contributed by atoms with Gasteiger partial charge in [-0.15, -0.1) is 11.3 Å². The number of hydrogen-bond donors (Lipinski definition) is 1. The maximum atomic E-state index is 13.5. The maximum Gasteiger partial charge on any atom is 0.331 e. The molecule has 0 aliphatic carbocycles. The fourth-order valence-corrected chi connectivity index (χ4v) is 6.20. The zero-order valence-electron chi connectivity index (χ0n) is 20.9. The number of amides is 3. The highest BCUT2D eigenvalue weighted by atomic mass is 32.1. The highest BCUT2D eigenvalue weighted by molar-refractivity contribution is 7.21. The minimum atomic E-state index is -0.310. The number of thiophene rings is 1. The molecule has 0 saturated carbocycles. The van der Waals surface area contributed by atoms with E-state index in [9.17, 15) is 9.59 Å². The van der Waals surface area contributed by atoms with Crippen LogP contribution in [0.4, 0.5) is 21.9 Å². The van der Waals surface area contributed by atoms with Gasteiger partial charge in [0.05, 0.1) is 22.4 Å². The highest BCUT2D eigenvalue weighted by Gasteiger charge is 2.35. The average Bonchev–Trinajstić information content (AvgIpc) is 3.49. The molecule has 1 saturated heterocycles. The summed E-state index contributed by atoms with van der Waals surface area (Å²) in [4.78, 5) is 38.5. The number of benzene rings is 2. The van der Waals surface area contributed by atoms with Gasteiger partial charge in [0.1, 0.15) is 21.2 Å². The predicted octanol–water partition coefficient (Wildman–Crippen LogP) is 5.86. The minimum Gasteiger partial charge on any atom is -0.457 e. The molecule has 2 aliphatic heterocycles. The van der Waals surface area contributed by atoms with Crippen molar-refractivity contribution in [2.24, 2.45) is 0 Å². The van der Waals surface area contributed by atoms with Crippen LogP contribution in [0.15, 0.2) is 60.8 Å². The van der Waals surface area contributed by atoms with Gasteiger partial charge >= 0.3 is 6.03 Å². The number of anilines is 3. The van der Waals surface area contributed by atoms with Gasteiger partial charge in [0.25, 0.3) is 5.91 Å². The monoisotopic (exact) mass is 513 g/mol. The van der Waals surface area contributed by atoms with Crippen molar-refractivity contribution in [2.45, 2.75) is 19.4 Å². The molecule has 2 aromatic heterocycles. The topological polar surface area (TPSA) is 78.0 Å². The van der Waals surface area contributed by atoms with Crippen LogP contribution in [0.2, 0.25) is 0 Å². The summed E-state index contributed by atoms with van der Waals surface area (Å²) in [5, 5.41) is 3.79. The van der Waals surface area contributed by atoms with Crippen LogP contribution in [0.25, 0.3) is 10.2 Å². The Bertz CT molecular complexity index is 1520. The first kappa shape index (κ1) is 23.4. The lowest BCUT2D eigenvalue weighted by atomic mass is 10.1. The first-order valence-corrected chi connectivity index (χ1v) is 13.0. The summed E-state index contributed by atoms with van der Waals surface area (Å²) >= 11 is 1.33. The van der Waals surface area contributed by atoms with Gasteiger partial charge in [-0.2, -0.15) is 0 Å². The zero-order valence-corrected chi connectivity index (χ0v) is 21.7. The molecule has 3 amide bonds. The number of urea groups is 1. The Labute approximate surface area is 219 Å². The molecular weight excluding hydrogens is 486 g/mol. The number of nitrogens with zero attached hydrogens (tertiary/aromatic N) is 4. The Kier molecular flexibility index (Phi) is 5.81.